The highest BCUT2D eigenvalue weighted by molar-refractivity contribution is 5.96. The third kappa shape index (κ3) is 6.21. The Hall–Kier alpha value is -3.46. The minimum Gasteiger partial charge on any atom is -0.493 e. The van der Waals surface area contributed by atoms with E-state index >= 15 is 0 Å². The maximum Gasteiger partial charge on any atom is 0.251 e. The van der Waals surface area contributed by atoms with Crippen molar-refractivity contribution in [1.29, 1.82) is 0 Å². The van der Waals surface area contributed by atoms with Crippen molar-refractivity contribution < 1.29 is 19.1 Å². The summed E-state index contributed by atoms with van der Waals surface area (Å²) in [6.07, 6.45) is 0. The van der Waals surface area contributed by atoms with Crippen molar-refractivity contribution in [3.05, 3.63) is 60.2 Å². The lowest BCUT2D eigenvalue weighted by molar-refractivity contribution is -0.119. The monoisotopic (exact) mass is 352 g/mol. The number of rotatable bonds is 7. The van der Waals surface area contributed by atoms with Crippen molar-refractivity contribution in [2.75, 3.05) is 26.8 Å². The van der Waals surface area contributed by atoms with E-state index in [1.165, 1.54) is 0 Å². The lowest BCUT2D eigenvalue weighted by atomic mass is 10.2. The molecule has 0 atom stereocenters. The number of carbonyl (C=O) groups is 2. The zero-order valence-electron chi connectivity index (χ0n) is 14.5. The van der Waals surface area contributed by atoms with Crippen LogP contribution in [0.1, 0.15) is 10.4 Å². The van der Waals surface area contributed by atoms with Crippen molar-refractivity contribution in [3.63, 3.8) is 0 Å². The highest BCUT2D eigenvalue weighted by Crippen LogP contribution is 2.25. The number of nitrogens with one attached hydrogen (secondary N) is 2. The number of carbonyl (C=O) groups excluding carboxylic acids is 2. The molecule has 6 heteroatoms. The first-order valence-corrected chi connectivity index (χ1v) is 8.02. The number of amides is 2. The van der Waals surface area contributed by atoms with E-state index in [-0.39, 0.29) is 31.5 Å². The first-order valence-electron chi connectivity index (χ1n) is 8.02. The predicted molar refractivity (Wildman–Crippen MR) is 98.0 cm³/mol. The second kappa shape index (κ2) is 10.4. The van der Waals surface area contributed by atoms with Gasteiger partial charge >= 0.3 is 0 Å². The molecule has 0 bridgehead atoms. The fourth-order valence-electron chi connectivity index (χ4n) is 2.02. The number of para-hydroxylation sites is 2. The molecule has 2 rings (SSSR count). The van der Waals surface area contributed by atoms with E-state index in [4.69, 9.17) is 9.47 Å². The molecule has 0 saturated carbocycles. The standard InChI is InChI=1S/C20H20N2O4/c1-25-17-11-5-6-12-18(17)26-14-8-7-13-21-19(23)15-22-20(24)16-9-3-2-4-10-16/h2-6,9-12H,13-15H2,1H3,(H,21,23)(H,22,24). The molecule has 2 aromatic carbocycles. The van der Waals surface area contributed by atoms with Crippen LogP contribution in [-0.4, -0.2) is 38.6 Å². The SMILES string of the molecule is COc1ccccc1OCC#CCNC(=O)CNC(=O)c1ccccc1. The number of hydrogen-bond acceptors (Lipinski definition) is 4. The Morgan fingerprint density at radius 3 is 2.35 bits per heavy atom. The molecule has 0 saturated heterocycles. The molecular formula is C20H20N2O4. The molecule has 0 unspecified atom stereocenters. The highest BCUT2D eigenvalue weighted by atomic mass is 16.5. The zero-order valence-corrected chi connectivity index (χ0v) is 14.5. The van der Waals surface area contributed by atoms with Crippen molar-refractivity contribution >= 4 is 11.8 Å². The van der Waals surface area contributed by atoms with Crippen LogP contribution in [0.5, 0.6) is 11.5 Å². The van der Waals surface area contributed by atoms with Gasteiger partial charge in [0, 0.05) is 5.56 Å². The van der Waals surface area contributed by atoms with Crippen LogP contribution >= 0.6 is 0 Å². The fraction of sp³-hybridized carbons (Fsp3) is 0.200. The molecule has 2 aromatic rings. The number of ether oxygens (including phenoxy) is 2. The number of methoxy groups -OCH3 is 1. The molecule has 0 spiro atoms. The van der Waals surface area contributed by atoms with Gasteiger partial charge < -0.3 is 20.1 Å². The Balaban J connectivity index is 1.64. The molecule has 0 aromatic heterocycles. The van der Waals surface area contributed by atoms with Crippen LogP contribution in [0.3, 0.4) is 0 Å². The van der Waals surface area contributed by atoms with Gasteiger partial charge in [0.2, 0.25) is 5.91 Å². The van der Waals surface area contributed by atoms with Gasteiger partial charge in [0.15, 0.2) is 11.5 Å². The Bertz CT molecular complexity index is 794. The Morgan fingerprint density at radius 1 is 0.923 bits per heavy atom. The van der Waals surface area contributed by atoms with Crippen LogP contribution in [0.25, 0.3) is 0 Å². The minimum atomic E-state index is -0.311. The lowest BCUT2D eigenvalue weighted by Gasteiger charge is -2.07. The van der Waals surface area contributed by atoms with Crippen LogP contribution in [0.4, 0.5) is 0 Å². The van der Waals surface area contributed by atoms with E-state index in [0.717, 1.165) is 0 Å². The fourth-order valence-corrected chi connectivity index (χ4v) is 2.02. The van der Waals surface area contributed by atoms with Crippen LogP contribution < -0.4 is 20.1 Å². The van der Waals surface area contributed by atoms with Gasteiger partial charge in [-0.3, -0.25) is 9.59 Å². The molecule has 6 nitrogen and oxygen atoms in total. The van der Waals surface area contributed by atoms with E-state index in [1.54, 1.807) is 43.5 Å². The van der Waals surface area contributed by atoms with Gasteiger partial charge in [0.05, 0.1) is 20.2 Å². The molecule has 134 valence electrons. The predicted octanol–water partition coefficient (Wildman–Crippen LogP) is 1.62. The van der Waals surface area contributed by atoms with Crippen molar-refractivity contribution in [3.8, 4) is 23.3 Å². The molecular weight excluding hydrogens is 332 g/mol. The summed E-state index contributed by atoms with van der Waals surface area (Å²) >= 11 is 0. The van der Waals surface area contributed by atoms with Crippen molar-refractivity contribution in [2.45, 2.75) is 0 Å². The van der Waals surface area contributed by atoms with Gasteiger partial charge in [-0.1, -0.05) is 42.2 Å². The van der Waals surface area contributed by atoms with Crippen LogP contribution in [0.15, 0.2) is 54.6 Å². The van der Waals surface area contributed by atoms with Gasteiger partial charge in [0.1, 0.15) is 6.61 Å². The minimum absolute atomic E-state index is 0.104. The van der Waals surface area contributed by atoms with Gasteiger partial charge in [-0.15, -0.1) is 0 Å². The smallest absolute Gasteiger partial charge is 0.251 e. The Kier molecular flexibility index (Phi) is 7.56. The first-order chi connectivity index (χ1) is 12.7. The van der Waals surface area contributed by atoms with Gasteiger partial charge in [-0.25, -0.2) is 0 Å². The van der Waals surface area contributed by atoms with Gasteiger partial charge in [0.25, 0.3) is 5.91 Å². The topological polar surface area (TPSA) is 76.7 Å². The molecule has 2 amide bonds. The quantitative estimate of drug-likeness (QED) is 0.743. The lowest BCUT2D eigenvalue weighted by Crippen LogP contribution is -2.37. The summed E-state index contributed by atoms with van der Waals surface area (Å²) in [5, 5.41) is 5.15. The van der Waals surface area contributed by atoms with Crippen molar-refractivity contribution in [2.24, 2.45) is 0 Å². The Morgan fingerprint density at radius 2 is 1.62 bits per heavy atom. The number of hydrogen-bond donors (Lipinski definition) is 2. The zero-order chi connectivity index (χ0) is 18.6. The summed E-state index contributed by atoms with van der Waals surface area (Å²) in [6, 6.07) is 16.0. The average molecular weight is 352 g/mol. The molecule has 2 N–H and O–H groups in total. The second-order valence-electron chi connectivity index (χ2n) is 5.12. The van der Waals surface area contributed by atoms with E-state index in [2.05, 4.69) is 22.5 Å². The molecule has 0 aliphatic rings. The summed E-state index contributed by atoms with van der Waals surface area (Å²) in [5.74, 6) is 6.22. The van der Waals surface area contributed by atoms with Crippen LogP contribution in [-0.2, 0) is 4.79 Å². The highest BCUT2D eigenvalue weighted by Gasteiger charge is 2.06. The normalized spacial score (nSPS) is 9.42. The summed E-state index contributed by atoms with van der Waals surface area (Å²) in [6.45, 7) is 0.253. The van der Waals surface area contributed by atoms with Gasteiger partial charge in [-0.2, -0.15) is 0 Å². The van der Waals surface area contributed by atoms with Crippen LogP contribution in [0.2, 0.25) is 0 Å². The van der Waals surface area contributed by atoms with E-state index in [9.17, 15) is 9.59 Å². The summed E-state index contributed by atoms with van der Waals surface area (Å²) in [7, 11) is 1.57. The van der Waals surface area contributed by atoms with E-state index in [1.807, 2.05) is 18.2 Å². The van der Waals surface area contributed by atoms with Gasteiger partial charge in [-0.05, 0) is 24.3 Å². The maximum atomic E-state index is 11.8. The first kappa shape index (κ1) is 18.9. The van der Waals surface area contributed by atoms with E-state index in [0.29, 0.717) is 17.1 Å². The third-order valence-electron chi connectivity index (χ3n) is 3.31. The van der Waals surface area contributed by atoms with Crippen LogP contribution in [0, 0.1) is 11.8 Å². The molecule has 0 radical (unpaired) electrons. The third-order valence-corrected chi connectivity index (χ3v) is 3.31. The molecule has 0 aliphatic carbocycles. The Labute approximate surface area is 152 Å². The average Bonchev–Trinajstić information content (AvgIpc) is 2.69. The molecule has 0 fully saturated rings. The summed E-state index contributed by atoms with van der Waals surface area (Å²) < 4.78 is 10.7. The molecule has 0 heterocycles. The largest absolute Gasteiger partial charge is 0.493 e. The molecule has 0 aliphatic heterocycles. The second-order valence-corrected chi connectivity index (χ2v) is 5.12. The summed E-state index contributed by atoms with van der Waals surface area (Å²) in [5.41, 5.74) is 0.508. The van der Waals surface area contributed by atoms with E-state index < -0.39 is 0 Å². The van der Waals surface area contributed by atoms with Crippen molar-refractivity contribution in [1.82, 2.24) is 10.6 Å². The molecule has 26 heavy (non-hydrogen) atoms. The maximum absolute atomic E-state index is 11.8. The number of benzene rings is 2. The summed E-state index contributed by atoms with van der Waals surface area (Å²) in [4.78, 5) is 23.5.